The first-order valence-electron chi connectivity index (χ1n) is 11.1. The highest BCUT2D eigenvalue weighted by Crippen LogP contribution is 2.25. The van der Waals surface area contributed by atoms with E-state index in [-0.39, 0.29) is 17.7 Å². The first kappa shape index (κ1) is 25.3. The van der Waals surface area contributed by atoms with Crippen LogP contribution in [0.4, 0.5) is 13.2 Å². The largest absolute Gasteiger partial charge is 0.573 e. The predicted octanol–water partition coefficient (Wildman–Crippen LogP) is 3.96. The zero-order valence-electron chi connectivity index (χ0n) is 19.2. The number of rotatable bonds is 7. The molecule has 0 radical (unpaired) electrons. The molecule has 1 heterocycles. The van der Waals surface area contributed by atoms with Crippen molar-refractivity contribution >= 4 is 11.8 Å². The first-order valence-corrected chi connectivity index (χ1v) is 11.1. The van der Waals surface area contributed by atoms with Crippen LogP contribution in [0.3, 0.4) is 0 Å². The molecule has 7 nitrogen and oxygen atoms in total. The van der Waals surface area contributed by atoms with Crippen LogP contribution >= 0.6 is 0 Å². The fourth-order valence-corrected chi connectivity index (χ4v) is 4.09. The zero-order chi connectivity index (χ0) is 24.9. The summed E-state index contributed by atoms with van der Waals surface area (Å²) in [5, 5.41) is 2.56. The zero-order valence-corrected chi connectivity index (χ0v) is 19.2. The Morgan fingerprint density at radius 3 is 2.44 bits per heavy atom. The summed E-state index contributed by atoms with van der Waals surface area (Å²) in [6.07, 6.45) is 3.63. The Kier molecular flexibility index (Phi) is 8.01. The van der Waals surface area contributed by atoms with Gasteiger partial charge >= 0.3 is 6.36 Å². The van der Waals surface area contributed by atoms with Crippen molar-refractivity contribution < 1.29 is 27.5 Å². The first-order chi connectivity index (χ1) is 16.0. The number of nitrogens with one attached hydrogen (secondary N) is 1. The molecule has 2 aromatic rings. The van der Waals surface area contributed by atoms with Crippen molar-refractivity contribution in [3.05, 3.63) is 63.6 Å². The van der Waals surface area contributed by atoms with Gasteiger partial charge in [-0.15, -0.1) is 13.2 Å². The highest BCUT2D eigenvalue weighted by Gasteiger charge is 2.31. The minimum Gasteiger partial charge on any atom is -0.406 e. The van der Waals surface area contributed by atoms with Gasteiger partial charge in [-0.3, -0.25) is 14.4 Å². The molecule has 34 heavy (non-hydrogen) atoms. The molecule has 2 amide bonds. The second kappa shape index (κ2) is 10.8. The maximum atomic E-state index is 13.0. The van der Waals surface area contributed by atoms with Crippen molar-refractivity contribution in [3.8, 4) is 5.75 Å². The number of hydrogen-bond donors (Lipinski definition) is 1. The van der Waals surface area contributed by atoms with Crippen LogP contribution in [0.1, 0.15) is 58.4 Å². The number of nitrogens with zero attached hydrogens (tertiary/aromatic N) is 2. The van der Waals surface area contributed by atoms with Gasteiger partial charge in [-0.1, -0.05) is 31.4 Å². The van der Waals surface area contributed by atoms with Crippen molar-refractivity contribution in [2.24, 2.45) is 5.92 Å². The summed E-state index contributed by atoms with van der Waals surface area (Å²) in [6, 6.07) is 5.20. The van der Waals surface area contributed by atoms with Gasteiger partial charge in [0, 0.05) is 39.6 Å². The second-order valence-electron chi connectivity index (χ2n) is 8.69. The summed E-state index contributed by atoms with van der Waals surface area (Å²) < 4.78 is 43.0. The molecule has 0 bridgehead atoms. The van der Waals surface area contributed by atoms with Gasteiger partial charge in [0.2, 0.25) is 5.43 Å². The van der Waals surface area contributed by atoms with Gasteiger partial charge in [0.15, 0.2) is 0 Å². The van der Waals surface area contributed by atoms with Crippen LogP contribution in [0, 0.1) is 5.92 Å². The number of aromatic nitrogens is 1. The van der Waals surface area contributed by atoms with E-state index in [4.69, 9.17) is 0 Å². The second-order valence-corrected chi connectivity index (χ2v) is 8.69. The molecule has 1 N–H and O–H groups in total. The number of carbonyl (C=O) groups is 2. The molecule has 1 fully saturated rings. The minimum absolute atomic E-state index is 0.103. The quantitative estimate of drug-likeness (QED) is 0.652. The van der Waals surface area contributed by atoms with Crippen molar-refractivity contribution in [3.63, 3.8) is 0 Å². The highest BCUT2D eigenvalue weighted by molar-refractivity contribution is 5.98. The standard InChI is InChI=1S/C24H28F3N3O4/c1-29(2)23(33)20-15-30(13-16-7-4-3-5-8-16)14-19(21(20)31)22(32)28-12-17-9-6-10-18(11-17)34-24(25,26)27/h6,9-11,14-16H,3-5,7-8,12-13H2,1-2H3,(H,28,32). The van der Waals surface area contributed by atoms with E-state index in [9.17, 15) is 27.6 Å². The van der Waals surface area contributed by atoms with E-state index >= 15 is 0 Å². The summed E-state index contributed by atoms with van der Waals surface area (Å²) in [7, 11) is 3.05. The number of amides is 2. The molecular formula is C24H28F3N3O4. The normalized spacial score (nSPS) is 14.5. The predicted molar refractivity (Wildman–Crippen MR) is 120 cm³/mol. The van der Waals surface area contributed by atoms with Crippen molar-refractivity contribution in [2.75, 3.05) is 14.1 Å². The van der Waals surface area contributed by atoms with Crippen LogP contribution in [0.25, 0.3) is 0 Å². The number of benzene rings is 1. The molecule has 0 unspecified atom stereocenters. The summed E-state index contributed by atoms with van der Waals surface area (Å²) in [4.78, 5) is 39.7. The third-order valence-electron chi connectivity index (χ3n) is 5.74. The third kappa shape index (κ3) is 6.85. The number of carbonyl (C=O) groups excluding carboxylic acids is 2. The SMILES string of the molecule is CN(C)C(=O)c1cn(CC2CCCCC2)cc(C(=O)NCc2cccc(OC(F)(F)F)c2)c1=O. The van der Waals surface area contributed by atoms with Crippen LogP contribution in [0.5, 0.6) is 5.75 Å². The molecule has 1 aromatic carbocycles. The molecule has 0 spiro atoms. The fourth-order valence-electron chi connectivity index (χ4n) is 4.09. The van der Waals surface area contributed by atoms with Gasteiger partial charge in [0.25, 0.3) is 11.8 Å². The van der Waals surface area contributed by atoms with Gasteiger partial charge in [-0.2, -0.15) is 0 Å². The lowest BCUT2D eigenvalue weighted by atomic mass is 9.89. The minimum atomic E-state index is -4.83. The van der Waals surface area contributed by atoms with E-state index in [1.165, 1.54) is 49.9 Å². The topological polar surface area (TPSA) is 80.6 Å². The Balaban J connectivity index is 1.82. The summed E-state index contributed by atoms with van der Waals surface area (Å²) in [5.74, 6) is -1.23. The average molecular weight is 479 g/mol. The molecule has 184 valence electrons. The van der Waals surface area contributed by atoms with Crippen molar-refractivity contribution in [1.82, 2.24) is 14.8 Å². The fraction of sp³-hybridized carbons (Fsp3) is 0.458. The lowest BCUT2D eigenvalue weighted by Crippen LogP contribution is -2.35. The molecule has 0 saturated heterocycles. The molecular weight excluding hydrogens is 451 g/mol. The summed E-state index contributed by atoms with van der Waals surface area (Å²) >= 11 is 0. The van der Waals surface area contributed by atoms with Gasteiger partial charge < -0.3 is 19.5 Å². The van der Waals surface area contributed by atoms with E-state index in [0.717, 1.165) is 37.8 Å². The maximum Gasteiger partial charge on any atom is 0.573 e. The van der Waals surface area contributed by atoms with Crippen molar-refractivity contribution in [2.45, 2.75) is 51.6 Å². The number of ether oxygens (including phenoxy) is 1. The van der Waals surface area contributed by atoms with E-state index in [1.54, 1.807) is 4.57 Å². The Labute approximate surface area is 195 Å². The van der Waals surface area contributed by atoms with Crippen LogP contribution in [0.15, 0.2) is 41.5 Å². The Morgan fingerprint density at radius 1 is 1.12 bits per heavy atom. The highest BCUT2D eigenvalue weighted by atomic mass is 19.4. The van der Waals surface area contributed by atoms with Gasteiger partial charge in [-0.05, 0) is 36.5 Å². The van der Waals surface area contributed by atoms with E-state index in [1.807, 2.05) is 0 Å². The maximum absolute atomic E-state index is 13.0. The molecule has 1 aliphatic rings. The number of alkyl halides is 3. The monoisotopic (exact) mass is 479 g/mol. The van der Waals surface area contributed by atoms with E-state index in [0.29, 0.717) is 18.0 Å². The van der Waals surface area contributed by atoms with E-state index in [2.05, 4.69) is 10.1 Å². The number of halogens is 3. The van der Waals surface area contributed by atoms with E-state index < -0.39 is 29.4 Å². The summed E-state index contributed by atoms with van der Waals surface area (Å²) in [6.45, 7) is 0.465. The van der Waals surface area contributed by atoms with Crippen molar-refractivity contribution in [1.29, 1.82) is 0 Å². The molecule has 1 aromatic heterocycles. The average Bonchev–Trinajstić information content (AvgIpc) is 2.77. The molecule has 1 saturated carbocycles. The Bertz CT molecular complexity index is 1090. The number of hydrogen-bond acceptors (Lipinski definition) is 4. The lowest BCUT2D eigenvalue weighted by Gasteiger charge is -2.23. The van der Waals surface area contributed by atoms with Crippen LogP contribution < -0.4 is 15.5 Å². The van der Waals surface area contributed by atoms with Crippen LogP contribution in [0.2, 0.25) is 0 Å². The molecule has 0 aliphatic heterocycles. The number of pyridine rings is 1. The summed E-state index contributed by atoms with van der Waals surface area (Å²) in [5.41, 5.74) is -0.622. The molecule has 10 heteroatoms. The van der Waals surface area contributed by atoms with Crippen LogP contribution in [-0.4, -0.2) is 41.7 Å². The smallest absolute Gasteiger partial charge is 0.406 e. The Hall–Kier alpha value is -3.30. The van der Waals surface area contributed by atoms with Crippen LogP contribution in [-0.2, 0) is 13.1 Å². The van der Waals surface area contributed by atoms with Gasteiger partial charge in [-0.25, -0.2) is 0 Å². The Morgan fingerprint density at radius 2 is 1.79 bits per heavy atom. The van der Waals surface area contributed by atoms with Gasteiger partial charge in [0.05, 0.1) is 0 Å². The third-order valence-corrected chi connectivity index (χ3v) is 5.74. The molecule has 1 aliphatic carbocycles. The lowest BCUT2D eigenvalue weighted by molar-refractivity contribution is -0.274. The van der Waals surface area contributed by atoms with Gasteiger partial charge in [0.1, 0.15) is 16.9 Å². The molecule has 3 rings (SSSR count). The molecule has 0 atom stereocenters.